The van der Waals surface area contributed by atoms with Gasteiger partial charge in [-0.2, -0.15) is 0 Å². The van der Waals surface area contributed by atoms with E-state index in [1.165, 1.54) is 0 Å². The van der Waals surface area contributed by atoms with Crippen LogP contribution in [0.4, 0.5) is 20.2 Å². The summed E-state index contributed by atoms with van der Waals surface area (Å²) < 4.78 is 27.8. The van der Waals surface area contributed by atoms with Crippen molar-refractivity contribution in [3.63, 3.8) is 0 Å². The maximum Gasteiger partial charge on any atom is 0.150 e. The molecule has 0 radical (unpaired) electrons. The van der Waals surface area contributed by atoms with Crippen LogP contribution in [0.25, 0.3) is 0 Å². The molecule has 2 nitrogen and oxygen atoms in total. The van der Waals surface area contributed by atoms with E-state index < -0.39 is 11.6 Å². The minimum atomic E-state index is -0.727. The fourth-order valence-corrected chi connectivity index (χ4v) is 1.97. The number of hydrogen-bond acceptors (Lipinski definition) is 2. The van der Waals surface area contributed by atoms with E-state index in [9.17, 15) is 8.78 Å². The molecule has 2 aromatic carbocycles. The molecule has 5 heteroatoms. The number of benzene rings is 2. The Balaban J connectivity index is 2.36. The lowest BCUT2D eigenvalue weighted by Crippen LogP contribution is -2.11. The third kappa shape index (κ3) is 3.11. The second-order valence-electron chi connectivity index (χ2n) is 4.36. The largest absolute Gasteiger partial charge is 0.389 e. The van der Waals surface area contributed by atoms with Crippen LogP contribution in [0.5, 0.6) is 0 Å². The minimum absolute atomic E-state index is 0.0395. The van der Waals surface area contributed by atoms with Gasteiger partial charge in [0, 0.05) is 11.3 Å². The summed E-state index contributed by atoms with van der Waals surface area (Å²) in [6, 6.07) is 9.63. The van der Waals surface area contributed by atoms with Crippen LogP contribution in [0.1, 0.15) is 18.1 Å². The number of nitrogens with one attached hydrogen (secondary N) is 1. The van der Waals surface area contributed by atoms with Gasteiger partial charge in [0.25, 0.3) is 0 Å². The fourth-order valence-electron chi connectivity index (χ4n) is 1.85. The van der Waals surface area contributed by atoms with E-state index in [2.05, 4.69) is 5.32 Å². The molecule has 20 heavy (non-hydrogen) atoms. The van der Waals surface area contributed by atoms with Crippen molar-refractivity contribution >= 4 is 28.6 Å². The monoisotopic (exact) mass is 292 g/mol. The van der Waals surface area contributed by atoms with Crippen LogP contribution >= 0.6 is 12.2 Å². The molecule has 0 atom stereocenters. The maximum absolute atomic E-state index is 13.9. The zero-order valence-corrected chi connectivity index (χ0v) is 11.7. The zero-order valence-electron chi connectivity index (χ0n) is 10.9. The van der Waals surface area contributed by atoms with Gasteiger partial charge >= 0.3 is 0 Å². The number of thiocarbonyl (C=S) groups is 1. The smallest absolute Gasteiger partial charge is 0.150 e. The Morgan fingerprint density at radius 3 is 2.40 bits per heavy atom. The second kappa shape index (κ2) is 5.96. The van der Waals surface area contributed by atoms with Crippen molar-refractivity contribution < 1.29 is 8.78 Å². The minimum Gasteiger partial charge on any atom is -0.389 e. The SMILES string of the molecule is CCc1cccc(Nc2c(F)cc(C(N)=S)cc2F)c1. The molecule has 0 amide bonds. The normalized spacial score (nSPS) is 10.3. The molecule has 0 saturated carbocycles. The molecule has 0 bridgehead atoms. The molecule has 2 aromatic rings. The van der Waals surface area contributed by atoms with Gasteiger partial charge in [-0.3, -0.25) is 0 Å². The number of anilines is 2. The van der Waals surface area contributed by atoms with Gasteiger partial charge in [-0.05, 0) is 36.2 Å². The van der Waals surface area contributed by atoms with Gasteiger partial charge < -0.3 is 11.1 Å². The number of halogens is 2. The standard InChI is InChI=1S/C15H14F2N2S/c1-2-9-4-3-5-11(6-9)19-14-12(16)7-10(15(18)20)8-13(14)17/h3-8,19H,2H2,1H3,(H2,18,20). The topological polar surface area (TPSA) is 38.0 Å². The van der Waals surface area contributed by atoms with E-state index in [1.807, 2.05) is 25.1 Å². The first-order valence-corrected chi connectivity index (χ1v) is 6.57. The van der Waals surface area contributed by atoms with Gasteiger partial charge in [-0.1, -0.05) is 31.3 Å². The molecule has 0 fully saturated rings. The van der Waals surface area contributed by atoms with E-state index >= 15 is 0 Å². The summed E-state index contributed by atoms with van der Waals surface area (Å²) in [6.45, 7) is 2.01. The number of aryl methyl sites for hydroxylation is 1. The third-order valence-corrected chi connectivity index (χ3v) is 3.17. The van der Waals surface area contributed by atoms with Crippen molar-refractivity contribution in [2.75, 3.05) is 5.32 Å². The Morgan fingerprint density at radius 2 is 1.85 bits per heavy atom. The summed E-state index contributed by atoms with van der Waals surface area (Å²) in [4.78, 5) is -0.0395. The molecule has 0 saturated heterocycles. The highest BCUT2D eigenvalue weighted by Crippen LogP contribution is 2.25. The number of nitrogens with two attached hydrogens (primary N) is 1. The van der Waals surface area contributed by atoms with Crippen LogP contribution in [-0.4, -0.2) is 4.99 Å². The quantitative estimate of drug-likeness (QED) is 0.839. The predicted octanol–water partition coefficient (Wildman–Crippen LogP) is 3.91. The average Bonchev–Trinajstić information content (AvgIpc) is 2.42. The van der Waals surface area contributed by atoms with E-state index in [4.69, 9.17) is 18.0 Å². The van der Waals surface area contributed by atoms with Crippen molar-refractivity contribution in [1.82, 2.24) is 0 Å². The highest BCUT2D eigenvalue weighted by atomic mass is 32.1. The highest BCUT2D eigenvalue weighted by Gasteiger charge is 2.12. The molecule has 0 unspecified atom stereocenters. The lowest BCUT2D eigenvalue weighted by Gasteiger charge is -2.11. The van der Waals surface area contributed by atoms with E-state index in [0.29, 0.717) is 5.69 Å². The van der Waals surface area contributed by atoms with Crippen molar-refractivity contribution in [3.05, 3.63) is 59.2 Å². The Labute approximate surface area is 121 Å². The maximum atomic E-state index is 13.9. The summed E-state index contributed by atoms with van der Waals surface area (Å²) in [7, 11) is 0. The summed E-state index contributed by atoms with van der Waals surface area (Å²) in [6.07, 6.45) is 0.848. The number of hydrogen-bond donors (Lipinski definition) is 2. The number of rotatable bonds is 4. The molecule has 0 aliphatic heterocycles. The molecule has 0 aromatic heterocycles. The van der Waals surface area contributed by atoms with Crippen LogP contribution in [0, 0.1) is 11.6 Å². The first-order valence-electron chi connectivity index (χ1n) is 6.16. The predicted molar refractivity (Wildman–Crippen MR) is 81.3 cm³/mol. The van der Waals surface area contributed by atoms with Gasteiger partial charge in [0.1, 0.15) is 22.3 Å². The van der Waals surface area contributed by atoms with Crippen LogP contribution in [0.3, 0.4) is 0 Å². The van der Waals surface area contributed by atoms with Crippen molar-refractivity contribution in [1.29, 1.82) is 0 Å². The molecule has 0 aliphatic rings. The van der Waals surface area contributed by atoms with E-state index in [-0.39, 0.29) is 16.2 Å². The Hall–Kier alpha value is -2.01. The highest BCUT2D eigenvalue weighted by molar-refractivity contribution is 7.80. The fraction of sp³-hybridized carbons (Fsp3) is 0.133. The Morgan fingerprint density at radius 1 is 1.20 bits per heavy atom. The average molecular weight is 292 g/mol. The molecular weight excluding hydrogens is 278 g/mol. The molecular formula is C15H14F2N2S. The first-order chi connectivity index (χ1) is 9.51. The second-order valence-corrected chi connectivity index (χ2v) is 4.80. The van der Waals surface area contributed by atoms with Crippen molar-refractivity contribution in [2.24, 2.45) is 5.73 Å². The van der Waals surface area contributed by atoms with Gasteiger partial charge in [0.2, 0.25) is 0 Å². The van der Waals surface area contributed by atoms with Crippen LogP contribution in [0.2, 0.25) is 0 Å². The Kier molecular flexibility index (Phi) is 4.29. The lowest BCUT2D eigenvalue weighted by molar-refractivity contribution is 0.590. The summed E-state index contributed by atoms with van der Waals surface area (Å²) >= 11 is 4.71. The van der Waals surface area contributed by atoms with Crippen LogP contribution in [-0.2, 0) is 6.42 Å². The summed E-state index contributed by atoms with van der Waals surface area (Å²) in [5.74, 6) is -1.45. The lowest BCUT2D eigenvalue weighted by atomic mass is 10.1. The molecule has 0 aliphatic carbocycles. The summed E-state index contributed by atoms with van der Waals surface area (Å²) in [5, 5.41) is 2.75. The Bertz CT molecular complexity index is 633. The first kappa shape index (κ1) is 14.4. The molecule has 104 valence electrons. The zero-order chi connectivity index (χ0) is 14.7. The summed E-state index contributed by atoms with van der Waals surface area (Å²) in [5.41, 5.74) is 7.04. The van der Waals surface area contributed by atoms with Crippen LogP contribution < -0.4 is 11.1 Å². The molecule has 0 heterocycles. The van der Waals surface area contributed by atoms with Gasteiger partial charge in [-0.25, -0.2) is 8.78 Å². The van der Waals surface area contributed by atoms with Crippen LogP contribution in [0.15, 0.2) is 36.4 Å². The molecule has 3 N–H and O–H groups in total. The van der Waals surface area contributed by atoms with E-state index in [0.717, 1.165) is 24.1 Å². The molecule has 2 rings (SSSR count). The van der Waals surface area contributed by atoms with E-state index in [1.54, 1.807) is 6.07 Å². The third-order valence-electron chi connectivity index (χ3n) is 2.93. The molecule has 0 spiro atoms. The van der Waals surface area contributed by atoms with Crippen molar-refractivity contribution in [2.45, 2.75) is 13.3 Å². The van der Waals surface area contributed by atoms with Crippen molar-refractivity contribution in [3.8, 4) is 0 Å². The van der Waals surface area contributed by atoms with Gasteiger partial charge in [0.15, 0.2) is 0 Å². The van der Waals surface area contributed by atoms with Gasteiger partial charge in [-0.15, -0.1) is 0 Å². The van der Waals surface area contributed by atoms with Gasteiger partial charge in [0.05, 0.1) is 0 Å².